The molecule has 0 fully saturated rings. The molecule has 2 rings (SSSR count). The molecule has 2 nitrogen and oxygen atoms in total. The second-order valence-corrected chi connectivity index (χ2v) is 5.57. The van der Waals surface area contributed by atoms with E-state index in [1.807, 2.05) is 44.2 Å². The van der Waals surface area contributed by atoms with Gasteiger partial charge >= 0.3 is 0 Å². The van der Waals surface area contributed by atoms with E-state index >= 15 is 0 Å². The van der Waals surface area contributed by atoms with Crippen LogP contribution in [0.5, 0.6) is 0 Å². The molecule has 0 aliphatic heterocycles. The van der Waals surface area contributed by atoms with Crippen LogP contribution in [0.15, 0.2) is 48.5 Å². The first-order valence-electron chi connectivity index (χ1n) is 6.79. The Hall–Kier alpha value is -1.87. The van der Waals surface area contributed by atoms with E-state index in [-0.39, 0.29) is 17.5 Å². The van der Waals surface area contributed by atoms with Crippen LogP contribution in [0.2, 0.25) is 5.02 Å². The smallest absolute Gasteiger partial charge is 0.257 e. The molecule has 0 bridgehead atoms. The average Bonchev–Trinajstić information content (AvgIpc) is 2.47. The van der Waals surface area contributed by atoms with Crippen LogP contribution in [-0.2, 0) is 6.54 Å². The van der Waals surface area contributed by atoms with Gasteiger partial charge in [-0.1, -0.05) is 41.9 Å². The second-order valence-electron chi connectivity index (χ2n) is 5.14. The molecular formula is C17H17ClFNO. The zero-order chi connectivity index (χ0) is 15.4. The van der Waals surface area contributed by atoms with Crippen molar-refractivity contribution in [3.63, 3.8) is 0 Å². The summed E-state index contributed by atoms with van der Waals surface area (Å²) in [5.41, 5.74) is 1.01. The fraction of sp³-hybridized carbons (Fsp3) is 0.235. The third kappa shape index (κ3) is 3.82. The van der Waals surface area contributed by atoms with Crippen molar-refractivity contribution < 1.29 is 9.18 Å². The first-order chi connectivity index (χ1) is 9.99. The van der Waals surface area contributed by atoms with Gasteiger partial charge in [0.15, 0.2) is 0 Å². The normalized spacial score (nSPS) is 10.7. The van der Waals surface area contributed by atoms with E-state index in [4.69, 9.17) is 11.6 Å². The summed E-state index contributed by atoms with van der Waals surface area (Å²) in [4.78, 5) is 14.2. The predicted molar refractivity (Wildman–Crippen MR) is 82.9 cm³/mol. The molecule has 1 amide bonds. The summed E-state index contributed by atoms with van der Waals surface area (Å²) in [5.74, 6) is -0.906. The highest BCUT2D eigenvalue weighted by molar-refractivity contribution is 6.31. The third-order valence-corrected chi connectivity index (χ3v) is 3.47. The average molecular weight is 306 g/mol. The highest BCUT2D eigenvalue weighted by Crippen LogP contribution is 2.19. The van der Waals surface area contributed by atoms with Gasteiger partial charge in [0.1, 0.15) is 5.82 Å². The van der Waals surface area contributed by atoms with Crippen molar-refractivity contribution in [1.82, 2.24) is 4.90 Å². The fourth-order valence-corrected chi connectivity index (χ4v) is 2.26. The van der Waals surface area contributed by atoms with Gasteiger partial charge in [0, 0.05) is 17.6 Å². The number of halogens is 2. The molecule has 21 heavy (non-hydrogen) atoms. The Morgan fingerprint density at radius 1 is 1.19 bits per heavy atom. The number of hydrogen-bond donors (Lipinski definition) is 0. The predicted octanol–water partition coefficient (Wildman–Crippen LogP) is 4.53. The van der Waals surface area contributed by atoms with Crippen molar-refractivity contribution in [3.8, 4) is 0 Å². The number of amides is 1. The number of carbonyl (C=O) groups is 1. The van der Waals surface area contributed by atoms with E-state index in [0.29, 0.717) is 11.6 Å². The lowest BCUT2D eigenvalue weighted by molar-refractivity contribution is 0.0685. The summed E-state index contributed by atoms with van der Waals surface area (Å²) in [6.45, 7) is 4.25. The van der Waals surface area contributed by atoms with Crippen LogP contribution >= 0.6 is 11.6 Å². The molecule has 0 heterocycles. The maximum Gasteiger partial charge on any atom is 0.257 e. The van der Waals surface area contributed by atoms with Crippen molar-refractivity contribution in [1.29, 1.82) is 0 Å². The standard InChI is InChI=1S/C17H17ClFNO/c1-12(2)20(11-13-6-4-3-5-7-13)17(21)15-10-14(18)8-9-16(15)19/h3-10,12H,11H2,1-2H3. The molecule has 110 valence electrons. The Labute approximate surface area is 129 Å². The lowest BCUT2D eigenvalue weighted by Gasteiger charge is -2.27. The van der Waals surface area contributed by atoms with E-state index in [1.54, 1.807) is 4.90 Å². The van der Waals surface area contributed by atoms with Crippen LogP contribution in [0.4, 0.5) is 4.39 Å². The van der Waals surface area contributed by atoms with E-state index in [2.05, 4.69) is 0 Å². The molecule has 2 aromatic rings. The zero-order valence-corrected chi connectivity index (χ0v) is 12.8. The van der Waals surface area contributed by atoms with Crippen LogP contribution in [-0.4, -0.2) is 16.8 Å². The summed E-state index contributed by atoms with van der Waals surface area (Å²) in [6, 6.07) is 13.6. The summed E-state index contributed by atoms with van der Waals surface area (Å²) in [6.07, 6.45) is 0. The molecule has 0 radical (unpaired) electrons. The van der Waals surface area contributed by atoms with Crippen molar-refractivity contribution in [2.24, 2.45) is 0 Å². The minimum absolute atomic E-state index is 0.00660. The first kappa shape index (κ1) is 15.5. The van der Waals surface area contributed by atoms with Gasteiger partial charge in [-0.2, -0.15) is 0 Å². The van der Waals surface area contributed by atoms with Crippen LogP contribution in [0, 0.1) is 5.82 Å². The summed E-state index contributed by atoms with van der Waals surface area (Å²) in [5, 5.41) is 0.350. The van der Waals surface area contributed by atoms with E-state index in [1.165, 1.54) is 18.2 Å². The van der Waals surface area contributed by atoms with Gasteiger partial charge in [0.05, 0.1) is 5.56 Å². The fourth-order valence-electron chi connectivity index (χ4n) is 2.09. The third-order valence-electron chi connectivity index (χ3n) is 3.24. The minimum atomic E-state index is -0.553. The highest BCUT2D eigenvalue weighted by atomic mass is 35.5. The van der Waals surface area contributed by atoms with Gasteiger partial charge < -0.3 is 4.90 Å². The number of carbonyl (C=O) groups excluding carboxylic acids is 1. The Bertz CT molecular complexity index is 628. The monoisotopic (exact) mass is 305 g/mol. The minimum Gasteiger partial charge on any atom is -0.332 e. The molecule has 0 saturated carbocycles. The number of nitrogens with zero attached hydrogens (tertiary/aromatic N) is 1. The highest BCUT2D eigenvalue weighted by Gasteiger charge is 2.22. The SMILES string of the molecule is CC(C)N(Cc1ccccc1)C(=O)c1cc(Cl)ccc1F. The molecule has 0 unspecified atom stereocenters. The van der Waals surface area contributed by atoms with E-state index in [0.717, 1.165) is 5.56 Å². The second kappa shape index (κ2) is 6.72. The summed E-state index contributed by atoms with van der Waals surface area (Å²) >= 11 is 5.87. The molecule has 2 aromatic carbocycles. The largest absolute Gasteiger partial charge is 0.332 e. The molecule has 0 aromatic heterocycles. The van der Waals surface area contributed by atoms with Crippen molar-refractivity contribution in [2.45, 2.75) is 26.4 Å². The quantitative estimate of drug-likeness (QED) is 0.812. The van der Waals surface area contributed by atoms with Crippen molar-refractivity contribution in [2.75, 3.05) is 0 Å². The number of benzene rings is 2. The van der Waals surface area contributed by atoms with E-state index < -0.39 is 5.82 Å². The molecule has 0 aliphatic carbocycles. The maximum absolute atomic E-state index is 13.9. The molecule has 0 saturated heterocycles. The van der Waals surface area contributed by atoms with Gasteiger partial charge in [-0.25, -0.2) is 4.39 Å². The van der Waals surface area contributed by atoms with Crippen LogP contribution < -0.4 is 0 Å². The molecule has 0 N–H and O–H groups in total. The Morgan fingerprint density at radius 2 is 1.86 bits per heavy atom. The Kier molecular flexibility index (Phi) is 4.97. The molecular weight excluding hydrogens is 289 g/mol. The lowest BCUT2D eigenvalue weighted by Crippen LogP contribution is -2.36. The van der Waals surface area contributed by atoms with Crippen LogP contribution in [0.3, 0.4) is 0 Å². The Balaban J connectivity index is 2.30. The number of hydrogen-bond acceptors (Lipinski definition) is 1. The summed E-state index contributed by atoms with van der Waals surface area (Å²) in [7, 11) is 0. The van der Waals surface area contributed by atoms with Gasteiger partial charge in [-0.15, -0.1) is 0 Å². The van der Waals surface area contributed by atoms with Crippen molar-refractivity contribution >= 4 is 17.5 Å². The van der Waals surface area contributed by atoms with E-state index in [9.17, 15) is 9.18 Å². The topological polar surface area (TPSA) is 20.3 Å². The van der Waals surface area contributed by atoms with Gasteiger partial charge in [-0.3, -0.25) is 4.79 Å². The van der Waals surface area contributed by atoms with Crippen LogP contribution in [0.1, 0.15) is 29.8 Å². The molecule has 0 spiro atoms. The zero-order valence-electron chi connectivity index (χ0n) is 12.0. The molecule has 0 aliphatic rings. The number of rotatable bonds is 4. The maximum atomic E-state index is 13.9. The Morgan fingerprint density at radius 3 is 2.48 bits per heavy atom. The van der Waals surface area contributed by atoms with Gasteiger partial charge in [0.2, 0.25) is 0 Å². The molecule has 4 heteroatoms. The molecule has 0 atom stereocenters. The lowest BCUT2D eigenvalue weighted by atomic mass is 10.1. The first-order valence-corrected chi connectivity index (χ1v) is 7.17. The van der Waals surface area contributed by atoms with Gasteiger partial charge in [-0.05, 0) is 37.6 Å². The van der Waals surface area contributed by atoms with Crippen molar-refractivity contribution in [3.05, 3.63) is 70.5 Å². The summed E-state index contributed by atoms with van der Waals surface area (Å²) < 4.78 is 13.9. The van der Waals surface area contributed by atoms with Crippen LogP contribution in [0.25, 0.3) is 0 Å². The van der Waals surface area contributed by atoms with Gasteiger partial charge in [0.25, 0.3) is 5.91 Å².